The van der Waals surface area contributed by atoms with Crippen LogP contribution in [0.2, 0.25) is 0 Å². The van der Waals surface area contributed by atoms with Crippen molar-refractivity contribution in [3.8, 4) is 0 Å². The molecular weight excluding hydrogens is 434 g/mol. The van der Waals surface area contributed by atoms with E-state index in [0.717, 1.165) is 42.5 Å². The summed E-state index contributed by atoms with van der Waals surface area (Å²) in [5.74, 6) is -0.672. The molecule has 1 aliphatic rings. The minimum Gasteiger partial charge on any atom is -0.462 e. The van der Waals surface area contributed by atoms with Gasteiger partial charge in [-0.25, -0.2) is 4.79 Å². The molecule has 0 atom stereocenters. The summed E-state index contributed by atoms with van der Waals surface area (Å²) in [6, 6.07) is 15.4. The van der Waals surface area contributed by atoms with Crippen LogP contribution in [-0.2, 0) is 24.0 Å². The molecule has 4 rings (SSSR count). The summed E-state index contributed by atoms with van der Waals surface area (Å²) in [5.41, 5.74) is 10.4. The van der Waals surface area contributed by atoms with E-state index >= 15 is 0 Å². The number of aryl methyl sites for hydroxylation is 1. The SMILES string of the molecule is CCOC(=O)c1c(NC(=O)c2cc(N)ccc2NCCc2ccccc2)sc2c1CCCC2. The summed E-state index contributed by atoms with van der Waals surface area (Å²) in [6.07, 6.45) is 4.71. The molecule has 6 nitrogen and oxygen atoms in total. The van der Waals surface area contributed by atoms with Gasteiger partial charge in [-0.3, -0.25) is 4.79 Å². The fourth-order valence-corrected chi connectivity index (χ4v) is 5.41. The molecule has 3 aromatic rings. The molecule has 0 unspecified atom stereocenters. The molecule has 2 aromatic carbocycles. The van der Waals surface area contributed by atoms with E-state index < -0.39 is 0 Å². The lowest BCUT2D eigenvalue weighted by atomic mass is 9.95. The van der Waals surface area contributed by atoms with E-state index in [1.54, 1.807) is 19.1 Å². The molecule has 0 spiro atoms. The Hall–Kier alpha value is -3.32. The minimum atomic E-state index is -0.374. The van der Waals surface area contributed by atoms with Crippen molar-refractivity contribution in [3.05, 3.63) is 75.7 Å². The second-order valence-electron chi connectivity index (χ2n) is 8.06. The van der Waals surface area contributed by atoms with E-state index in [-0.39, 0.29) is 11.9 Å². The number of anilines is 3. The first-order valence-electron chi connectivity index (χ1n) is 11.4. The molecule has 1 aromatic heterocycles. The molecule has 7 heteroatoms. The number of ether oxygens (including phenoxy) is 1. The summed E-state index contributed by atoms with van der Waals surface area (Å²) in [4.78, 5) is 27.2. The predicted octanol–water partition coefficient (Wildman–Crippen LogP) is 5.29. The van der Waals surface area contributed by atoms with Crippen LogP contribution in [0.3, 0.4) is 0 Å². The summed E-state index contributed by atoms with van der Waals surface area (Å²) in [7, 11) is 0. The molecule has 0 radical (unpaired) electrons. The molecule has 4 N–H and O–H groups in total. The van der Waals surface area contributed by atoms with Gasteiger partial charge in [0.1, 0.15) is 5.00 Å². The van der Waals surface area contributed by atoms with Gasteiger partial charge in [0.15, 0.2) is 0 Å². The summed E-state index contributed by atoms with van der Waals surface area (Å²) in [6.45, 7) is 2.76. The van der Waals surface area contributed by atoms with Crippen LogP contribution >= 0.6 is 11.3 Å². The second kappa shape index (κ2) is 10.5. The third-order valence-corrected chi connectivity index (χ3v) is 6.95. The summed E-state index contributed by atoms with van der Waals surface area (Å²) >= 11 is 1.48. The highest BCUT2D eigenvalue weighted by Gasteiger charge is 2.27. The van der Waals surface area contributed by atoms with Crippen molar-refractivity contribution in [2.75, 3.05) is 29.5 Å². The highest BCUT2D eigenvalue weighted by Crippen LogP contribution is 2.39. The number of fused-ring (bicyclic) bond motifs is 1. The zero-order valence-corrected chi connectivity index (χ0v) is 19.6. The van der Waals surface area contributed by atoms with Gasteiger partial charge < -0.3 is 21.1 Å². The van der Waals surface area contributed by atoms with Crippen molar-refractivity contribution in [2.24, 2.45) is 0 Å². The molecule has 0 saturated carbocycles. The van der Waals surface area contributed by atoms with Gasteiger partial charge in [0.05, 0.1) is 17.7 Å². The smallest absolute Gasteiger partial charge is 0.341 e. The second-order valence-corrected chi connectivity index (χ2v) is 9.16. The quantitative estimate of drug-likeness (QED) is 0.312. The Labute approximate surface area is 198 Å². The van der Waals surface area contributed by atoms with E-state index in [4.69, 9.17) is 10.5 Å². The molecule has 1 heterocycles. The van der Waals surface area contributed by atoms with Gasteiger partial charge in [-0.05, 0) is 68.4 Å². The van der Waals surface area contributed by atoms with E-state index in [1.165, 1.54) is 16.9 Å². The van der Waals surface area contributed by atoms with Gasteiger partial charge >= 0.3 is 5.97 Å². The summed E-state index contributed by atoms with van der Waals surface area (Å²) < 4.78 is 5.30. The number of rotatable bonds is 8. The molecular formula is C26H29N3O3S. The number of amides is 1. The standard InChI is InChI=1S/C26H29N3O3S/c1-2-32-26(31)23-19-10-6-7-11-22(19)33-25(23)29-24(30)20-16-18(27)12-13-21(20)28-15-14-17-8-4-3-5-9-17/h3-5,8-9,12-13,16,28H,2,6-7,10-11,14-15,27H2,1H3,(H,29,30). The van der Waals surface area contributed by atoms with Crippen molar-refractivity contribution >= 4 is 39.6 Å². The average Bonchev–Trinajstić information content (AvgIpc) is 3.18. The molecule has 172 valence electrons. The van der Waals surface area contributed by atoms with E-state index in [2.05, 4.69) is 22.8 Å². The Bertz CT molecular complexity index is 1140. The van der Waals surface area contributed by atoms with Crippen LogP contribution in [0.1, 0.15) is 56.5 Å². The molecule has 0 bridgehead atoms. The van der Waals surface area contributed by atoms with Crippen molar-refractivity contribution in [2.45, 2.75) is 39.0 Å². The highest BCUT2D eigenvalue weighted by molar-refractivity contribution is 7.17. The lowest BCUT2D eigenvalue weighted by molar-refractivity contribution is 0.0526. The van der Waals surface area contributed by atoms with Crippen LogP contribution in [0.5, 0.6) is 0 Å². The van der Waals surface area contributed by atoms with Crippen LogP contribution in [-0.4, -0.2) is 25.0 Å². The Morgan fingerprint density at radius 2 is 1.88 bits per heavy atom. The fraction of sp³-hybridized carbons (Fsp3) is 0.308. The number of nitrogen functional groups attached to an aromatic ring is 1. The van der Waals surface area contributed by atoms with Crippen molar-refractivity contribution in [1.82, 2.24) is 0 Å². The number of nitrogens with two attached hydrogens (primary N) is 1. The fourth-order valence-electron chi connectivity index (χ4n) is 4.13. The van der Waals surface area contributed by atoms with Gasteiger partial charge in [-0.2, -0.15) is 0 Å². The van der Waals surface area contributed by atoms with Crippen LogP contribution in [0.25, 0.3) is 0 Å². The Morgan fingerprint density at radius 1 is 1.09 bits per heavy atom. The van der Waals surface area contributed by atoms with Crippen molar-refractivity contribution < 1.29 is 14.3 Å². The maximum absolute atomic E-state index is 13.3. The molecule has 1 amide bonds. The van der Waals surface area contributed by atoms with Crippen molar-refractivity contribution in [3.63, 3.8) is 0 Å². The van der Waals surface area contributed by atoms with Crippen LogP contribution in [0, 0.1) is 0 Å². The number of nitrogens with one attached hydrogen (secondary N) is 2. The topological polar surface area (TPSA) is 93.5 Å². The number of hydrogen-bond acceptors (Lipinski definition) is 6. The molecule has 33 heavy (non-hydrogen) atoms. The number of esters is 1. The first kappa shape index (κ1) is 22.9. The Balaban J connectivity index is 1.55. The van der Waals surface area contributed by atoms with Crippen LogP contribution < -0.4 is 16.4 Å². The number of benzene rings is 2. The minimum absolute atomic E-state index is 0.293. The third kappa shape index (κ3) is 5.37. The normalized spacial score (nSPS) is 12.6. The Morgan fingerprint density at radius 3 is 2.67 bits per heavy atom. The Kier molecular flexibility index (Phi) is 7.29. The van der Waals surface area contributed by atoms with Gasteiger partial charge in [0.25, 0.3) is 5.91 Å². The predicted molar refractivity (Wildman–Crippen MR) is 134 cm³/mol. The highest BCUT2D eigenvalue weighted by atomic mass is 32.1. The average molecular weight is 464 g/mol. The van der Waals surface area contributed by atoms with Gasteiger partial charge in [0.2, 0.25) is 0 Å². The summed E-state index contributed by atoms with van der Waals surface area (Å²) in [5, 5.41) is 6.90. The molecule has 0 fully saturated rings. The van der Waals surface area contributed by atoms with E-state index in [0.29, 0.717) is 40.7 Å². The molecule has 0 aliphatic heterocycles. The number of thiophene rings is 1. The maximum atomic E-state index is 13.3. The van der Waals surface area contributed by atoms with Crippen LogP contribution in [0.4, 0.5) is 16.4 Å². The molecule has 1 aliphatic carbocycles. The van der Waals surface area contributed by atoms with Gasteiger partial charge in [0, 0.05) is 22.8 Å². The molecule has 0 saturated heterocycles. The van der Waals surface area contributed by atoms with E-state index in [9.17, 15) is 9.59 Å². The van der Waals surface area contributed by atoms with Crippen molar-refractivity contribution in [1.29, 1.82) is 0 Å². The zero-order valence-electron chi connectivity index (χ0n) is 18.8. The first-order valence-corrected chi connectivity index (χ1v) is 12.2. The number of carbonyl (C=O) groups is 2. The lowest BCUT2D eigenvalue weighted by Gasteiger charge is -2.14. The number of hydrogen-bond donors (Lipinski definition) is 3. The zero-order chi connectivity index (χ0) is 23.2. The third-order valence-electron chi connectivity index (χ3n) is 5.74. The maximum Gasteiger partial charge on any atom is 0.341 e. The van der Waals surface area contributed by atoms with E-state index in [1.807, 2.05) is 24.3 Å². The monoisotopic (exact) mass is 463 g/mol. The number of carbonyl (C=O) groups excluding carboxylic acids is 2. The largest absolute Gasteiger partial charge is 0.462 e. The van der Waals surface area contributed by atoms with Gasteiger partial charge in [-0.1, -0.05) is 30.3 Å². The van der Waals surface area contributed by atoms with Gasteiger partial charge in [-0.15, -0.1) is 11.3 Å². The lowest BCUT2D eigenvalue weighted by Crippen LogP contribution is -2.18. The van der Waals surface area contributed by atoms with Crippen LogP contribution in [0.15, 0.2) is 48.5 Å². The first-order chi connectivity index (χ1) is 16.1.